The molecule has 0 spiro atoms. The number of rotatable bonds is 3. The van der Waals surface area contributed by atoms with Crippen LogP contribution in [0.25, 0.3) is 0 Å². The molecule has 112 valence electrons. The van der Waals surface area contributed by atoms with Crippen molar-refractivity contribution in [3.05, 3.63) is 31.6 Å². The Hall–Kier alpha value is -1.08. The Morgan fingerprint density at radius 3 is 2.55 bits per heavy atom. The Balaban J connectivity index is 2.41. The monoisotopic (exact) mass is 320 g/mol. The lowest BCUT2D eigenvalue weighted by Gasteiger charge is -2.13. The van der Waals surface area contributed by atoms with Crippen molar-refractivity contribution >= 4 is 21.4 Å². The molecular weight excluding hydrogens is 304 g/mol. The van der Waals surface area contributed by atoms with Gasteiger partial charge in [-0.2, -0.15) is 0 Å². The van der Waals surface area contributed by atoms with Crippen LogP contribution in [-0.2, 0) is 16.4 Å². The van der Waals surface area contributed by atoms with Crippen molar-refractivity contribution in [2.45, 2.75) is 32.7 Å². The van der Waals surface area contributed by atoms with Crippen LogP contribution in [-0.4, -0.2) is 29.5 Å². The van der Waals surface area contributed by atoms with Crippen LogP contribution < -0.4 is 11.2 Å². The van der Waals surface area contributed by atoms with Crippen LogP contribution in [0.5, 0.6) is 0 Å². The van der Waals surface area contributed by atoms with Crippen molar-refractivity contribution in [1.82, 2.24) is 9.55 Å². The van der Waals surface area contributed by atoms with Gasteiger partial charge in [0.1, 0.15) is 5.15 Å². The number of nitrogens with one attached hydrogen (secondary N) is 1. The van der Waals surface area contributed by atoms with Crippen LogP contribution in [0.4, 0.5) is 0 Å². The van der Waals surface area contributed by atoms with Crippen molar-refractivity contribution in [3.63, 3.8) is 0 Å². The topological polar surface area (TPSA) is 89.0 Å². The molecule has 0 aliphatic carbocycles. The molecule has 2 rings (SSSR count). The molecule has 1 aliphatic heterocycles. The molecule has 1 N–H and O–H groups in total. The zero-order valence-electron chi connectivity index (χ0n) is 11.3. The molecular formula is C12H17ClN2O4S. The third-order valence-corrected chi connectivity index (χ3v) is 5.65. The largest absolute Gasteiger partial charge is 0.329 e. The van der Waals surface area contributed by atoms with E-state index in [1.807, 2.05) is 13.8 Å². The molecule has 20 heavy (non-hydrogen) atoms. The van der Waals surface area contributed by atoms with Crippen LogP contribution in [0.15, 0.2) is 9.59 Å². The van der Waals surface area contributed by atoms with E-state index < -0.39 is 21.1 Å². The fraction of sp³-hybridized carbons (Fsp3) is 0.667. The van der Waals surface area contributed by atoms with Gasteiger partial charge in [-0.1, -0.05) is 25.4 Å². The fourth-order valence-corrected chi connectivity index (χ4v) is 4.73. The highest BCUT2D eigenvalue weighted by molar-refractivity contribution is 7.91. The minimum absolute atomic E-state index is 0.0263. The second-order valence-electron chi connectivity index (χ2n) is 5.50. The average molecular weight is 321 g/mol. The van der Waals surface area contributed by atoms with Gasteiger partial charge in [0, 0.05) is 6.54 Å². The van der Waals surface area contributed by atoms with Gasteiger partial charge in [0.05, 0.1) is 17.1 Å². The van der Waals surface area contributed by atoms with E-state index in [0.29, 0.717) is 12.0 Å². The normalized spacial score (nSPS) is 21.5. The van der Waals surface area contributed by atoms with E-state index in [4.69, 9.17) is 11.6 Å². The molecule has 1 atom stereocenters. The van der Waals surface area contributed by atoms with Gasteiger partial charge in [-0.25, -0.2) is 13.2 Å². The van der Waals surface area contributed by atoms with Crippen LogP contribution in [0, 0.1) is 5.92 Å². The number of hydrogen-bond acceptors (Lipinski definition) is 4. The van der Waals surface area contributed by atoms with E-state index in [9.17, 15) is 18.0 Å². The fourth-order valence-electron chi connectivity index (χ4n) is 2.50. The number of aromatic nitrogens is 2. The highest BCUT2D eigenvalue weighted by Gasteiger charge is 2.29. The highest BCUT2D eigenvalue weighted by Crippen LogP contribution is 2.20. The Morgan fingerprint density at radius 1 is 1.40 bits per heavy atom. The van der Waals surface area contributed by atoms with Gasteiger partial charge in [-0.05, 0) is 18.3 Å². The summed E-state index contributed by atoms with van der Waals surface area (Å²) in [5, 5.41) is 0.0605. The van der Waals surface area contributed by atoms with Gasteiger partial charge < -0.3 is 0 Å². The molecule has 0 aromatic carbocycles. The summed E-state index contributed by atoms with van der Waals surface area (Å²) in [5.41, 5.74) is -0.668. The summed E-state index contributed by atoms with van der Waals surface area (Å²) in [6.07, 6.45) is 0.480. The molecule has 0 amide bonds. The molecule has 6 nitrogen and oxygen atoms in total. The maximum absolute atomic E-state index is 12.3. The lowest BCUT2D eigenvalue weighted by Crippen LogP contribution is -2.39. The first-order chi connectivity index (χ1) is 9.21. The maximum atomic E-state index is 12.3. The minimum Gasteiger partial charge on any atom is -0.297 e. The molecule has 1 fully saturated rings. The summed E-state index contributed by atoms with van der Waals surface area (Å²) in [7, 11) is -3.03. The molecule has 1 aliphatic rings. The van der Waals surface area contributed by atoms with Crippen LogP contribution in [0.1, 0.15) is 31.7 Å². The van der Waals surface area contributed by atoms with E-state index in [2.05, 4.69) is 4.98 Å². The summed E-state index contributed by atoms with van der Waals surface area (Å²) in [4.78, 5) is 26.6. The van der Waals surface area contributed by atoms with Crippen LogP contribution in [0.3, 0.4) is 0 Å². The first-order valence-electron chi connectivity index (χ1n) is 6.44. The van der Waals surface area contributed by atoms with Gasteiger partial charge in [-0.3, -0.25) is 14.3 Å². The Kier molecular flexibility index (Phi) is 4.11. The lowest BCUT2D eigenvalue weighted by atomic mass is 10.1. The molecule has 0 radical (unpaired) electrons. The molecule has 1 aromatic heterocycles. The third kappa shape index (κ3) is 2.98. The van der Waals surface area contributed by atoms with Crippen LogP contribution >= 0.6 is 11.6 Å². The third-order valence-electron chi connectivity index (χ3n) is 3.52. The molecule has 1 unspecified atom stereocenters. The van der Waals surface area contributed by atoms with E-state index >= 15 is 0 Å². The lowest BCUT2D eigenvalue weighted by molar-refractivity contribution is 0.462. The number of nitrogens with zero attached hydrogens (tertiary/aromatic N) is 1. The van der Waals surface area contributed by atoms with Gasteiger partial charge >= 0.3 is 5.69 Å². The summed E-state index contributed by atoms with van der Waals surface area (Å²) in [6.45, 7) is 3.74. The van der Waals surface area contributed by atoms with Crippen molar-refractivity contribution in [1.29, 1.82) is 0 Å². The van der Waals surface area contributed by atoms with E-state index in [1.165, 1.54) is 0 Å². The van der Waals surface area contributed by atoms with Gasteiger partial charge in [0.25, 0.3) is 5.56 Å². The quantitative estimate of drug-likeness (QED) is 0.832. The molecule has 8 heteroatoms. The van der Waals surface area contributed by atoms with Crippen molar-refractivity contribution in [2.24, 2.45) is 5.92 Å². The zero-order chi connectivity index (χ0) is 15.1. The Bertz CT molecular complexity index is 733. The number of aromatic amines is 1. The van der Waals surface area contributed by atoms with E-state index in [-0.39, 0.29) is 35.0 Å². The van der Waals surface area contributed by atoms with Gasteiger partial charge in [0.2, 0.25) is 0 Å². The smallest absolute Gasteiger partial charge is 0.297 e. The zero-order valence-corrected chi connectivity index (χ0v) is 12.9. The first kappa shape index (κ1) is 15.3. The molecule has 1 saturated heterocycles. The predicted octanol–water partition coefficient (Wildman–Crippen LogP) is 0.748. The number of halogens is 1. The predicted molar refractivity (Wildman–Crippen MR) is 77.2 cm³/mol. The van der Waals surface area contributed by atoms with E-state index in [1.54, 1.807) is 0 Å². The standard InChI is InChI=1S/C12H17ClN2O4S/c1-7(2)9-10(13)14-12(17)15(11(9)16)5-8-3-4-20(18,19)6-8/h7-8H,3-6H2,1-2H3,(H,14,17). The Morgan fingerprint density at radius 2 is 2.05 bits per heavy atom. The molecule has 1 aromatic rings. The molecule has 0 saturated carbocycles. The summed E-state index contributed by atoms with van der Waals surface area (Å²) in [6, 6.07) is 0. The maximum Gasteiger partial charge on any atom is 0.329 e. The minimum atomic E-state index is -3.03. The average Bonchev–Trinajstić information content (AvgIpc) is 2.63. The first-order valence-corrected chi connectivity index (χ1v) is 8.64. The summed E-state index contributed by atoms with van der Waals surface area (Å²) in [5.74, 6) is -0.168. The van der Waals surface area contributed by atoms with E-state index in [0.717, 1.165) is 4.57 Å². The van der Waals surface area contributed by atoms with Crippen molar-refractivity contribution in [3.8, 4) is 0 Å². The second kappa shape index (κ2) is 5.37. The van der Waals surface area contributed by atoms with Crippen molar-refractivity contribution in [2.75, 3.05) is 11.5 Å². The van der Waals surface area contributed by atoms with Gasteiger partial charge in [0.15, 0.2) is 9.84 Å². The highest BCUT2D eigenvalue weighted by atomic mass is 35.5. The number of sulfone groups is 1. The Labute approximate surface area is 121 Å². The molecule has 0 bridgehead atoms. The van der Waals surface area contributed by atoms with Crippen LogP contribution in [0.2, 0.25) is 5.15 Å². The molecule has 2 heterocycles. The van der Waals surface area contributed by atoms with Crippen molar-refractivity contribution < 1.29 is 8.42 Å². The van der Waals surface area contributed by atoms with Gasteiger partial charge in [-0.15, -0.1) is 0 Å². The SMILES string of the molecule is CC(C)c1c(Cl)[nH]c(=O)n(CC2CCS(=O)(=O)C2)c1=O. The summed E-state index contributed by atoms with van der Waals surface area (Å²) < 4.78 is 23.9. The second-order valence-corrected chi connectivity index (χ2v) is 8.10. The summed E-state index contributed by atoms with van der Waals surface area (Å²) >= 11 is 5.90. The number of H-pyrrole nitrogens is 1. The number of hydrogen-bond donors (Lipinski definition) is 1.